The first-order valence-electron chi connectivity index (χ1n) is 14.4. The van der Waals surface area contributed by atoms with Crippen molar-refractivity contribution in [1.29, 1.82) is 0 Å². The second-order valence-electron chi connectivity index (χ2n) is 11.8. The number of methoxy groups -OCH3 is 1. The minimum absolute atomic E-state index is 0.0960. The summed E-state index contributed by atoms with van der Waals surface area (Å²) in [6.07, 6.45) is 6.11. The van der Waals surface area contributed by atoms with Gasteiger partial charge >= 0.3 is 12.0 Å². The molecule has 4 aliphatic rings. The Kier molecular flexibility index (Phi) is 6.38. The van der Waals surface area contributed by atoms with Gasteiger partial charge in [-0.15, -0.1) is 0 Å². The summed E-state index contributed by atoms with van der Waals surface area (Å²) in [6, 6.07) is 14.3. The maximum absolute atomic E-state index is 13.7. The van der Waals surface area contributed by atoms with Crippen molar-refractivity contribution in [2.45, 2.75) is 89.3 Å². The highest BCUT2D eigenvalue weighted by Crippen LogP contribution is 2.45. The van der Waals surface area contributed by atoms with E-state index in [-0.39, 0.29) is 30.2 Å². The maximum atomic E-state index is 13.7. The molecule has 2 amide bonds. The molecule has 8 heteroatoms. The minimum Gasteiger partial charge on any atom is -0.465 e. The van der Waals surface area contributed by atoms with Crippen LogP contribution in [0.3, 0.4) is 0 Å². The molecular weight excluding hydrogens is 506 g/mol. The average molecular weight is 542 g/mol. The lowest BCUT2D eigenvalue weighted by Crippen LogP contribution is -2.52. The Morgan fingerprint density at radius 2 is 1.75 bits per heavy atom. The summed E-state index contributed by atoms with van der Waals surface area (Å²) in [5, 5.41) is 4.49. The van der Waals surface area contributed by atoms with Crippen LogP contribution in [0.2, 0.25) is 0 Å². The van der Waals surface area contributed by atoms with E-state index in [2.05, 4.69) is 29.1 Å². The third-order valence-corrected chi connectivity index (χ3v) is 9.16. The number of hydrogen-bond donors (Lipinski definition) is 0. The summed E-state index contributed by atoms with van der Waals surface area (Å²) in [4.78, 5) is 29.7. The fourth-order valence-electron chi connectivity index (χ4n) is 6.89. The molecule has 208 valence electrons. The number of hydrogen-bond acceptors (Lipinski definition) is 6. The standard InChI is InChI=1S/C32H35N3O5/c1-19-5-3-4-6-27(19)29-28(30(40-33-29)20-7-8-20)18-39-26-14-24-11-12-25(15-26)35(24)32(37)34-16-22-10-9-21(31(36)38-2)13-23(22)17-34/h3-6,9-10,13,20,24-26H,7-8,11-12,14-18H2,1-2H3. The van der Waals surface area contributed by atoms with Gasteiger partial charge in [-0.1, -0.05) is 35.5 Å². The van der Waals surface area contributed by atoms with Crippen LogP contribution in [0, 0.1) is 6.92 Å². The zero-order valence-corrected chi connectivity index (χ0v) is 23.1. The van der Waals surface area contributed by atoms with E-state index in [4.69, 9.17) is 14.0 Å². The average Bonchev–Trinajstić information content (AvgIpc) is 3.48. The molecule has 3 aromatic rings. The molecular formula is C32H35N3O5. The molecule has 2 unspecified atom stereocenters. The quantitative estimate of drug-likeness (QED) is 0.358. The SMILES string of the molecule is COC(=O)c1ccc2c(c1)CN(C(=O)N1C3CCC1CC(OCc1c(-c4ccccc4C)noc1C1CC1)C3)C2. The number of carbonyl (C=O) groups is 2. The van der Waals surface area contributed by atoms with Crippen LogP contribution < -0.4 is 0 Å². The number of benzene rings is 2. The molecule has 2 bridgehead atoms. The molecule has 3 aliphatic heterocycles. The Bertz CT molecular complexity index is 1450. The summed E-state index contributed by atoms with van der Waals surface area (Å²) in [6.45, 7) is 3.69. The fraction of sp³-hybridized carbons (Fsp3) is 0.469. The third-order valence-electron chi connectivity index (χ3n) is 9.16. The van der Waals surface area contributed by atoms with Crippen molar-refractivity contribution in [2.24, 2.45) is 0 Å². The van der Waals surface area contributed by atoms with E-state index in [1.165, 1.54) is 12.7 Å². The number of piperidine rings is 1. The van der Waals surface area contributed by atoms with Crippen LogP contribution in [-0.4, -0.2) is 52.3 Å². The normalized spacial score (nSPS) is 23.4. The fourth-order valence-corrected chi connectivity index (χ4v) is 6.89. The maximum Gasteiger partial charge on any atom is 0.337 e. The van der Waals surface area contributed by atoms with Crippen LogP contribution in [-0.2, 0) is 29.2 Å². The van der Waals surface area contributed by atoms with E-state index in [0.29, 0.717) is 31.2 Å². The summed E-state index contributed by atoms with van der Waals surface area (Å²) < 4.78 is 17.3. The van der Waals surface area contributed by atoms with Gasteiger partial charge in [0.15, 0.2) is 0 Å². The number of aryl methyl sites for hydroxylation is 1. The monoisotopic (exact) mass is 541 g/mol. The molecule has 0 N–H and O–H groups in total. The zero-order chi connectivity index (χ0) is 27.4. The lowest BCUT2D eigenvalue weighted by atomic mass is 9.99. The molecule has 0 radical (unpaired) electrons. The third kappa shape index (κ3) is 4.48. The number of fused-ring (bicyclic) bond motifs is 3. The van der Waals surface area contributed by atoms with Crippen molar-refractivity contribution in [1.82, 2.24) is 15.0 Å². The highest BCUT2D eigenvalue weighted by atomic mass is 16.5. The van der Waals surface area contributed by atoms with Gasteiger partial charge in [0.2, 0.25) is 0 Å². The molecule has 2 atom stereocenters. The largest absolute Gasteiger partial charge is 0.465 e. The number of rotatable bonds is 6. The Morgan fingerprint density at radius 1 is 1.00 bits per heavy atom. The molecule has 1 aliphatic carbocycles. The van der Waals surface area contributed by atoms with E-state index in [0.717, 1.165) is 72.2 Å². The topological polar surface area (TPSA) is 85.1 Å². The van der Waals surface area contributed by atoms with Crippen LogP contribution in [0.1, 0.15) is 82.8 Å². The minimum atomic E-state index is -0.353. The number of aromatic nitrogens is 1. The van der Waals surface area contributed by atoms with Crippen LogP contribution in [0.25, 0.3) is 11.3 Å². The van der Waals surface area contributed by atoms with Gasteiger partial charge in [-0.25, -0.2) is 9.59 Å². The molecule has 2 aromatic carbocycles. The molecule has 4 heterocycles. The molecule has 8 nitrogen and oxygen atoms in total. The van der Waals surface area contributed by atoms with Crippen molar-refractivity contribution >= 4 is 12.0 Å². The van der Waals surface area contributed by atoms with Crippen LogP contribution in [0.5, 0.6) is 0 Å². The van der Waals surface area contributed by atoms with Crippen molar-refractivity contribution < 1.29 is 23.6 Å². The Labute approximate surface area is 234 Å². The van der Waals surface area contributed by atoms with Crippen molar-refractivity contribution in [3.63, 3.8) is 0 Å². The first-order valence-corrected chi connectivity index (χ1v) is 14.4. The van der Waals surface area contributed by atoms with Gasteiger partial charge in [-0.3, -0.25) is 0 Å². The smallest absolute Gasteiger partial charge is 0.337 e. The van der Waals surface area contributed by atoms with Crippen molar-refractivity contribution in [2.75, 3.05) is 7.11 Å². The number of ether oxygens (including phenoxy) is 2. The van der Waals surface area contributed by atoms with Gasteiger partial charge in [0.05, 0.1) is 25.4 Å². The van der Waals surface area contributed by atoms with E-state index in [9.17, 15) is 9.59 Å². The number of esters is 1. The lowest BCUT2D eigenvalue weighted by Gasteiger charge is -2.40. The Morgan fingerprint density at radius 3 is 2.48 bits per heavy atom. The van der Waals surface area contributed by atoms with Crippen LogP contribution >= 0.6 is 0 Å². The highest BCUT2D eigenvalue weighted by Gasteiger charge is 2.46. The summed E-state index contributed by atoms with van der Waals surface area (Å²) >= 11 is 0. The van der Waals surface area contributed by atoms with Gasteiger partial charge < -0.3 is 23.8 Å². The second-order valence-corrected chi connectivity index (χ2v) is 11.8. The number of carbonyl (C=O) groups excluding carboxylic acids is 2. The Balaban J connectivity index is 1.02. The predicted octanol–water partition coefficient (Wildman–Crippen LogP) is 5.96. The lowest BCUT2D eigenvalue weighted by molar-refractivity contribution is -0.0210. The summed E-state index contributed by atoms with van der Waals surface area (Å²) in [5.41, 5.74) is 6.90. The molecule has 7 rings (SSSR count). The molecule has 0 spiro atoms. The molecule has 1 aromatic heterocycles. The number of amides is 2. The van der Waals surface area contributed by atoms with E-state index in [1.807, 2.05) is 29.2 Å². The van der Waals surface area contributed by atoms with Crippen molar-refractivity contribution in [3.05, 3.63) is 76.0 Å². The highest BCUT2D eigenvalue weighted by molar-refractivity contribution is 5.89. The van der Waals surface area contributed by atoms with E-state index >= 15 is 0 Å². The van der Waals surface area contributed by atoms with E-state index < -0.39 is 0 Å². The number of nitrogens with zero attached hydrogens (tertiary/aromatic N) is 3. The summed E-state index contributed by atoms with van der Waals surface area (Å²) in [7, 11) is 1.38. The molecule has 3 fully saturated rings. The molecule has 2 saturated heterocycles. The molecule has 40 heavy (non-hydrogen) atoms. The predicted molar refractivity (Wildman–Crippen MR) is 148 cm³/mol. The van der Waals surface area contributed by atoms with Crippen LogP contribution in [0.4, 0.5) is 4.79 Å². The van der Waals surface area contributed by atoms with Gasteiger partial charge in [-0.05, 0) is 74.3 Å². The van der Waals surface area contributed by atoms with Gasteiger partial charge in [0.1, 0.15) is 11.5 Å². The first kappa shape index (κ1) is 25.3. The Hall–Kier alpha value is -3.65. The second kappa shape index (κ2) is 10.1. The first-order chi connectivity index (χ1) is 19.5. The van der Waals surface area contributed by atoms with Gasteiger partial charge in [-0.2, -0.15) is 0 Å². The van der Waals surface area contributed by atoms with Gasteiger partial charge in [0.25, 0.3) is 0 Å². The zero-order valence-electron chi connectivity index (χ0n) is 23.1. The van der Waals surface area contributed by atoms with E-state index in [1.54, 1.807) is 6.07 Å². The summed E-state index contributed by atoms with van der Waals surface area (Å²) in [5.74, 6) is 1.08. The molecule has 1 saturated carbocycles. The van der Waals surface area contributed by atoms with Crippen LogP contribution in [0.15, 0.2) is 47.0 Å². The van der Waals surface area contributed by atoms with Crippen molar-refractivity contribution in [3.8, 4) is 11.3 Å². The van der Waals surface area contributed by atoms with Gasteiger partial charge in [0, 0.05) is 42.2 Å². The number of urea groups is 1.